The Balaban J connectivity index is 1.85. The summed E-state index contributed by atoms with van der Waals surface area (Å²) in [5, 5.41) is 2.52. The lowest BCUT2D eigenvalue weighted by atomic mass is 10.1. The first kappa shape index (κ1) is 17.8. The highest BCUT2D eigenvalue weighted by Gasteiger charge is 2.18. The maximum absolute atomic E-state index is 13.7. The van der Waals surface area contributed by atoms with E-state index < -0.39 is 11.6 Å². The second kappa shape index (κ2) is 7.07. The van der Waals surface area contributed by atoms with E-state index >= 15 is 0 Å². The molecular formula is C20H17F3N2O. The normalized spacial score (nSPS) is 10.8. The predicted octanol–water partition coefficient (Wildman–Crippen LogP) is 4.81. The molecule has 1 heterocycles. The van der Waals surface area contributed by atoms with Gasteiger partial charge in [0, 0.05) is 22.6 Å². The largest absolute Gasteiger partial charge is 0.373 e. The van der Waals surface area contributed by atoms with E-state index in [4.69, 9.17) is 0 Å². The van der Waals surface area contributed by atoms with E-state index in [0.717, 1.165) is 23.5 Å². The third-order valence-electron chi connectivity index (χ3n) is 4.20. The predicted molar refractivity (Wildman–Crippen MR) is 94.4 cm³/mol. The van der Waals surface area contributed by atoms with E-state index in [1.807, 2.05) is 11.5 Å². The van der Waals surface area contributed by atoms with E-state index in [9.17, 15) is 18.0 Å². The summed E-state index contributed by atoms with van der Waals surface area (Å²) in [5.74, 6) is -2.15. The van der Waals surface area contributed by atoms with Gasteiger partial charge in [-0.05, 0) is 56.3 Å². The van der Waals surface area contributed by atoms with Crippen molar-refractivity contribution in [3.63, 3.8) is 0 Å². The fourth-order valence-electron chi connectivity index (χ4n) is 2.96. The standard InChI is InChI=1S/C20H17F3N2O/c1-12-10-16(13(2)25(12)15-8-6-14(21)7-9-15)19(26)11-24-20-17(22)4-3-5-18(20)23/h3-10,24H,11H2,1-2H3. The van der Waals surface area contributed by atoms with Gasteiger partial charge < -0.3 is 9.88 Å². The number of hydrogen-bond acceptors (Lipinski definition) is 2. The van der Waals surface area contributed by atoms with Gasteiger partial charge in [0.05, 0.1) is 6.54 Å². The van der Waals surface area contributed by atoms with Crippen molar-refractivity contribution in [1.82, 2.24) is 4.57 Å². The Morgan fingerprint density at radius 2 is 1.62 bits per heavy atom. The molecule has 1 N–H and O–H groups in total. The van der Waals surface area contributed by atoms with Crippen LogP contribution in [0.15, 0.2) is 48.5 Å². The summed E-state index contributed by atoms with van der Waals surface area (Å²) in [6.45, 7) is 3.36. The molecule has 0 atom stereocenters. The summed E-state index contributed by atoms with van der Waals surface area (Å²) >= 11 is 0. The summed E-state index contributed by atoms with van der Waals surface area (Å²) in [7, 11) is 0. The zero-order chi connectivity index (χ0) is 18.8. The van der Waals surface area contributed by atoms with Gasteiger partial charge in [0.25, 0.3) is 0 Å². The van der Waals surface area contributed by atoms with Crippen LogP contribution in [-0.4, -0.2) is 16.9 Å². The molecule has 0 aliphatic rings. The number of ketones is 1. The van der Waals surface area contributed by atoms with Crippen LogP contribution in [0.5, 0.6) is 0 Å². The number of benzene rings is 2. The van der Waals surface area contributed by atoms with Crippen molar-refractivity contribution in [2.24, 2.45) is 0 Å². The van der Waals surface area contributed by atoms with Crippen molar-refractivity contribution in [3.8, 4) is 5.69 Å². The summed E-state index contributed by atoms with van der Waals surface area (Å²) in [6.07, 6.45) is 0. The van der Waals surface area contributed by atoms with Crippen LogP contribution in [0.3, 0.4) is 0 Å². The molecule has 0 aliphatic carbocycles. The molecule has 134 valence electrons. The number of aryl methyl sites for hydroxylation is 1. The molecule has 0 unspecified atom stereocenters. The van der Waals surface area contributed by atoms with Crippen LogP contribution < -0.4 is 5.32 Å². The SMILES string of the molecule is Cc1cc(C(=O)CNc2c(F)cccc2F)c(C)n1-c1ccc(F)cc1. The van der Waals surface area contributed by atoms with Crippen LogP contribution in [0.25, 0.3) is 5.69 Å². The number of para-hydroxylation sites is 1. The molecule has 3 nitrogen and oxygen atoms in total. The minimum Gasteiger partial charge on any atom is -0.373 e. The van der Waals surface area contributed by atoms with Crippen molar-refractivity contribution < 1.29 is 18.0 Å². The highest BCUT2D eigenvalue weighted by atomic mass is 19.1. The number of anilines is 1. The Morgan fingerprint density at radius 3 is 2.23 bits per heavy atom. The molecular weight excluding hydrogens is 341 g/mol. The van der Waals surface area contributed by atoms with Gasteiger partial charge in [-0.1, -0.05) is 6.07 Å². The van der Waals surface area contributed by atoms with Crippen LogP contribution in [0.4, 0.5) is 18.9 Å². The van der Waals surface area contributed by atoms with Gasteiger partial charge in [0.15, 0.2) is 5.78 Å². The first-order chi connectivity index (χ1) is 12.4. The zero-order valence-corrected chi connectivity index (χ0v) is 14.3. The number of hydrogen-bond donors (Lipinski definition) is 1. The molecule has 3 aromatic rings. The summed E-state index contributed by atoms with van der Waals surface area (Å²) < 4.78 is 42.3. The molecule has 6 heteroatoms. The van der Waals surface area contributed by atoms with Crippen LogP contribution in [0.1, 0.15) is 21.7 Å². The molecule has 0 radical (unpaired) electrons. The number of aromatic nitrogens is 1. The van der Waals surface area contributed by atoms with Crippen LogP contribution in [0, 0.1) is 31.3 Å². The van der Waals surface area contributed by atoms with Crippen molar-refractivity contribution in [2.45, 2.75) is 13.8 Å². The van der Waals surface area contributed by atoms with Crippen molar-refractivity contribution in [1.29, 1.82) is 0 Å². The number of Topliss-reactive ketones (excluding diaryl/α,β-unsaturated/α-hetero) is 1. The summed E-state index contributed by atoms with van der Waals surface area (Å²) in [6, 6.07) is 11.1. The number of halogens is 3. The minimum atomic E-state index is -0.755. The van der Waals surface area contributed by atoms with Crippen molar-refractivity contribution in [2.75, 3.05) is 11.9 Å². The van der Waals surface area contributed by atoms with E-state index in [1.165, 1.54) is 18.2 Å². The first-order valence-corrected chi connectivity index (χ1v) is 8.04. The quantitative estimate of drug-likeness (QED) is 0.665. The Labute approximate surface area is 149 Å². The monoisotopic (exact) mass is 358 g/mol. The van der Waals surface area contributed by atoms with Gasteiger partial charge in [-0.15, -0.1) is 0 Å². The molecule has 0 spiro atoms. The van der Waals surface area contributed by atoms with Crippen LogP contribution in [-0.2, 0) is 0 Å². The fourth-order valence-corrected chi connectivity index (χ4v) is 2.96. The lowest BCUT2D eigenvalue weighted by molar-refractivity contribution is 0.101. The smallest absolute Gasteiger partial charge is 0.183 e. The average molecular weight is 358 g/mol. The van der Waals surface area contributed by atoms with Gasteiger partial charge in [-0.3, -0.25) is 4.79 Å². The molecule has 0 amide bonds. The molecule has 0 bridgehead atoms. The van der Waals surface area contributed by atoms with Gasteiger partial charge >= 0.3 is 0 Å². The highest BCUT2D eigenvalue weighted by molar-refractivity contribution is 6.00. The molecule has 2 aromatic carbocycles. The third-order valence-corrected chi connectivity index (χ3v) is 4.20. The highest BCUT2D eigenvalue weighted by Crippen LogP contribution is 2.22. The molecule has 3 rings (SSSR count). The van der Waals surface area contributed by atoms with Gasteiger partial charge in [-0.25, -0.2) is 13.2 Å². The van der Waals surface area contributed by atoms with Crippen molar-refractivity contribution in [3.05, 3.63) is 82.9 Å². The molecule has 0 fully saturated rings. The number of nitrogens with one attached hydrogen (secondary N) is 1. The Bertz CT molecular complexity index is 942. The molecule has 26 heavy (non-hydrogen) atoms. The number of carbonyl (C=O) groups is 1. The van der Waals surface area contributed by atoms with E-state index in [0.29, 0.717) is 11.3 Å². The Hall–Kier alpha value is -3.02. The van der Waals surface area contributed by atoms with E-state index in [-0.39, 0.29) is 23.8 Å². The Morgan fingerprint density at radius 1 is 1.00 bits per heavy atom. The first-order valence-electron chi connectivity index (χ1n) is 8.04. The van der Waals surface area contributed by atoms with E-state index in [2.05, 4.69) is 5.32 Å². The van der Waals surface area contributed by atoms with Gasteiger partial charge in [0.1, 0.15) is 23.1 Å². The summed E-state index contributed by atoms with van der Waals surface area (Å²) in [5.41, 5.74) is 2.32. The lowest BCUT2D eigenvalue weighted by Crippen LogP contribution is -2.16. The summed E-state index contributed by atoms with van der Waals surface area (Å²) in [4.78, 5) is 12.5. The fraction of sp³-hybridized carbons (Fsp3) is 0.150. The van der Waals surface area contributed by atoms with Gasteiger partial charge in [0.2, 0.25) is 0 Å². The molecule has 0 aliphatic heterocycles. The third kappa shape index (κ3) is 3.35. The number of rotatable bonds is 5. The maximum Gasteiger partial charge on any atom is 0.183 e. The second-order valence-electron chi connectivity index (χ2n) is 5.97. The molecule has 1 aromatic heterocycles. The minimum absolute atomic E-state index is 0.244. The average Bonchev–Trinajstić information content (AvgIpc) is 2.90. The maximum atomic E-state index is 13.7. The zero-order valence-electron chi connectivity index (χ0n) is 14.3. The number of carbonyl (C=O) groups excluding carboxylic acids is 1. The topological polar surface area (TPSA) is 34.0 Å². The van der Waals surface area contributed by atoms with Gasteiger partial charge in [-0.2, -0.15) is 0 Å². The molecule has 0 saturated heterocycles. The molecule has 0 saturated carbocycles. The van der Waals surface area contributed by atoms with Crippen molar-refractivity contribution >= 4 is 11.5 Å². The lowest BCUT2D eigenvalue weighted by Gasteiger charge is -2.10. The number of nitrogens with zero attached hydrogens (tertiary/aromatic N) is 1. The van der Waals surface area contributed by atoms with Crippen LogP contribution >= 0.6 is 0 Å². The van der Waals surface area contributed by atoms with E-state index in [1.54, 1.807) is 25.1 Å². The Kier molecular flexibility index (Phi) is 4.84. The van der Waals surface area contributed by atoms with Crippen LogP contribution in [0.2, 0.25) is 0 Å². The second-order valence-corrected chi connectivity index (χ2v) is 5.97.